The van der Waals surface area contributed by atoms with Crippen LogP contribution in [0.4, 0.5) is 5.69 Å². The number of aromatic nitrogens is 3. The van der Waals surface area contributed by atoms with Crippen molar-refractivity contribution in [1.29, 1.82) is 0 Å². The lowest BCUT2D eigenvalue weighted by Gasteiger charge is -2.24. The van der Waals surface area contributed by atoms with Crippen LogP contribution in [0.15, 0.2) is 41.5 Å². The van der Waals surface area contributed by atoms with Crippen molar-refractivity contribution in [2.24, 2.45) is 7.05 Å². The van der Waals surface area contributed by atoms with Crippen LogP contribution in [0.25, 0.3) is 16.6 Å². The van der Waals surface area contributed by atoms with Crippen molar-refractivity contribution in [3.63, 3.8) is 0 Å². The van der Waals surface area contributed by atoms with Crippen molar-refractivity contribution in [3.05, 3.63) is 52.7 Å². The number of benzene rings is 1. The first-order valence-corrected chi connectivity index (χ1v) is 8.29. The Morgan fingerprint density at radius 3 is 2.62 bits per heavy atom. The van der Waals surface area contributed by atoms with Gasteiger partial charge in [0.1, 0.15) is 5.52 Å². The second kappa shape index (κ2) is 5.79. The minimum Gasteiger partial charge on any atom is -0.399 e. The third kappa shape index (κ3) is 2.39. The highest BCUT2D eigenvalue weighted by atomic mass is 16.1. The fourth-order valence-corrected chi connectivity index (χ4v) is 3.53. The first-order chi connectivity index (χ1) is 11.6. The van der Waals surface area contributed by atoms with E-state index in [1.165, 1.54) is 0 Å². The predicted molar refractivity (Wildman–Crippen MR) is 95.1 cm³/mol. The number of nitrogens with one attached hydrogen (secondary N) is 1. The Labute approximate surface area is 139 Å². The van der Waals surface area contributed by atoms with Crippen molar-refractivity contribution in [2.45, 2.75) is 18.8 Å². The van der Waals surface area contributed by atoms with Gasteiger partial charge in [-0.1, -0.05) is 12.1 Å². The average molecular weight is 323 g/mol. The summed E-state index contributed by atoms with van der Waals surface area (Å²) in [6.45, 7) is 1.99. The maximum Gasteiger partial charge on any atom is 0.277 e. The van der Waals surface area contributed by atoms with Crippen LogP contribution in [0, 0.1) is 0 Å². The van der Waals surface area contributed by atoms with E-state index >= 15 is 0 Å². The van der Waals surface area contributed by atoms with Crippen LogP contribution in [0.3, 0.4) is 0 Å². The zero-order valence-electron chi connectivity index (χ0n) is 13.7. The van der Waals surface area contributed by atoms with E-state index in [1.54, 1.807) is 15.3 Å². The number of piperidine rings is 1. The molecular weight excluding hydrogens is 302 g/mol. The molecule has 24 heavy (non-hydrogen) atoms. The Morgan fingerprint density at radius 1 is 1.21 bits per heavy atom. The highest BCUT2D eigenvalue weighted by molar-refractivity contribution is 5.79. The summed E-state index contributed by atoms with van der Waals surface area (Å²) in [5.41, 5.74) is 9.92. The topological polar surface area (TPSA) is 77.3 Å². The summed E-state index contributed by atoms with van der Waals surface area (Å²) in [7, 11) is 1.86. The smallest absolute Gasteiger partial charge is 0.277 e. The quantitative estimate of drug-likeness (QED) is 0.704. The average Bonchev–Trinajstić information content (AvgIpc) is 3.03. The summed E-state index contributed by atoms with van der Waals surface area (Å²) in [5.74, 6) is 0.400. The van der Waals surface area contributed by atoms with Gasteiger partial charge in [-0.2, -0.15) is 5.10 Å². The number of fused-ring (bicyclic) bond motifs is 1. The number of hydrogen-bond acceptors (Lipinski definition) is 4. The zero-order chi connectivity index (χ0) is 16.7. The van der Waals surface area contributed by atoms with Gasteiger partial charge in [0.25, 0.3) is 5.56 Å². The molecule has 0 spiro atoms. The Kier molecular flexibility index (Phi) is 3.61. The van der Waals surface area contributed by atoms with Gasteiger partial charge >= 0.3 is 0 Å². The molecule has 0 aliphatic carbocycles. The van der Waals surface area contributed by atoms with Gasteiger partial charge in [-0.15, -0.1) is 0 Å². The summed E-state index contributed by atoms with van der Waals surface area (Å²) in [5, 5.41) is 7.80. The molecule has 3 aromatic rings. The Balaban J connectivity index is 1.87. The lowest BCUT2D eigenvalue weighted by Crippen LogP contribution is -2.31. The first-order valence-electron chi connectivity index (χ1n) is 8.29. The summed E-state index contributed by atoms with van der Waals surface area (Å²) in [4.78, 5) is 13.0. The van der Waals surface area contributed by atoms with Gasteiger partial charge in [0, 0.05) is 36.1 Å². The van der Waals surface area contributed by atoms with Crippen molar-refractivity contribution in [1.82, 2.24) is 19.5 Å². The second-order valence-corrected chi connectivity index (χ2v) is 6.42. The molecule has 3 N–H and O–H groups in total. The van der Waals surface area contributed by atoms with Gasteiger partial charge in [-0.05, 0) is 43.6 Å². The fourth-order valence-electron chi connectivity index (χ4n) is 3.53. The Hall–Kier alpha value is -2.60. The molecule has 1 fully saturated rings. The maximum atomic E-state index is 13.0. The van der Waals surface area contributed by atoms with Gasteiger partial charge in [0.05, 0.1) is 6.20 Å². The van der Waals surface area contributed by atoms with E-state index in [9.17, 15) is 4.79 Å². The van der Waals surface area contributed by atoms with Crippen molar-refractivity contribution >= 4 is 11.2 Å². The molecule has 1 aliphatic heterocycles. The molecule has 0 unspecified atom stereocenters. The summed E-state index contributed by atoms with van der Waals surface area (Å²) >= 11 is 0. The summed E-state index contributed by atoms with van der Waals surface area (Å²) < 4.78 is 3.51. The van der Waals surface area contributed by atoms with Gasteiger partial charge in [-0.25, -0.2) is 4.52 Å². The van der Waals surface area contributed by atoms with E-state index in [1.807, 2.05) is 37.5 Å². The number of anilines is 1. The molecule has 0 bridgehead atoms. The standard InChI is InChI=1S/C18H21N5O/c1-22-16(13-6-8-20-9-7-13)11-23-17(18(22)24)15(10-21-23)12-2-4-14(19)5-3-12/h2-5,10-11,13,20H,6-9,19H2,1H3. The van der Waals surface area contributed by atoms with E-state index in [0.29, 0.717) is 17.1 Å². The lowest BCUT2D eigenvalue weighted by atomic mass is 9.94. The maximum absolute atomic E-state index is 13.0. The largest absolute Gasteiger partial charge is 0.399 e. The normalized spacial score (nSPS) is 15.9. The van der Waals surface area contributed by atoms with Crippen LogP contribution in [-0.2, 0) is 7.05 Å². The number of nitrogens with zero attached hydrogens (tertiary/aromatic N) is 3. The molecule has 2 aromatic heterocycles. The molecule has 124 valence electrons. The molecule has 0 atom stereocenters. The molecular formula is C18H21N5O. The van der Waals surface area contributed by atoms with Crippen LogP contribution in [0.2, 0.25) is 0 Å². The zero-order valence-corrected chi connectivity index (χ0v) is 13.7. The molecule has 0 amide bonds. The van der Waals surface area contributed by atoms with Crippen LogP contribution >= 0.6 is 0 Å². The van der Waals surface area contributed by atoms with Gasteiger partial charge < -0.3 is 15.6 Å². The van der Waals surface area contributed by atoms with Crippen LogP contribution < -0.4 is 16.6 Å². The van der Waals surface area contributed by atoms with Crippen molar-refractivity contribution in [2.75, 3.05) is 18.8 Å². The number of rotatable bonds is 2. The van der Waals surface area contributed by atoms with E-state index < -0.39 is 0 Å². The van der Waals surface area contributed by atoms with Crippen LogP contribution in [-0.4, -0.2) is 27.3 Å². The predicted octanol–water partition coefficient (Wildman–Crippen LogP) is 1.75. The van der Waals surface area contributed by atoms with Gasteiger partial charge in [0.15, 0.2) is 0 Å². The van der Waals surface area contributed by atoms with E-state index in [2.05, 4.69) is 10.4 Å². The monoisotopic (exact) mass is 323 g/mol. The molecule has 6 nitrogen and oxygen atoms in total. The lowest BCUT2D eigenvalue weighted by molar-refractivity contribution is 0.439. The molecule has 1 aliphatic rings. The highest BCUT2D eigenvalue weighted by Crippen LogP contribution is 2.27. The Morgan fingerprint density at radius 2 is 1.92 bits per heavy atom. The summed E-state index contributed by atoms with van der Waals surface area (Å²) in [6, 6.07) is 7.53. The van der Waals surface area contributed by atoms with E-state index in [4.69, 9.17) is 5.73 Å². The minimum atomic E-state index is -0.00430. The Bertz CT molecular complexity index is 932. The number of nitrogens with two attached hydrogens (primary N) is 1. The van der Waals surface area contributed by atoms with E-state index in [0.717, 1.165) is 42.8 Å². The third-order valence-electron chi connectivity index (χ3n) is 4.92. The molecule has 3 heterocycles. The number of hydrogen-bond donors (Lipinski definition) is 2. The van der Waals surface area contributed by atoms with Gasteiger partial charge in [-0.3, -0.25) is 4.79 Å². The first kappa shape index (κ1) is 15.0. The van der Waals surface area contributed by atoms with Crippen molar-refractivity contribution < 1.29 is 0 Å². The number of nitrogen functional groups attached to an aromatic ring is 1. The SMILES string of the molecule is Cn1c(C2CCNCC2)cn2ncc(-c3ccc(N)cc3)c2c1=O. The second-order valence-electron chi connectivity index (χ2n) is 6.42. The van der Waals surface area contributed by atoms with Crippen molar-refractivity contribution in [3.8, 4) is 11.1 Å². The van der Waals surface area contributed by atoms with Crippen LogP contribution in [0.5, 0.6) is 0 Å². The van der Waals surface area contributed by atoms with Gasteiger partial charge in [0.2, 0.25) is 0 Å². The molecule has 1 aromatic carbocycles. The molecule has 4 rings (SSSR count). The summed E-state index contributed by atoms with van der Waals surface area (Å²) in [6.07, 6.45) is 5.86. The molecule has 1 saturated heterocycles. The molecule has 0 radical (unpaired) electrons. The fraction of sp³-hybridized carbons (Fsp3) is 0.333. The van der Waals surface area contributed by atoms with E-state index in [-0.39, 0.29) is 5.56 Å². The third-order valence-corrected chi connectivity index (χ3v) is 4.92. The molecule has 0 saturated carbocycles. The minimum absolute atomic E-state index is 0.00430. The van der Waals surface area contributed by atoms with Crippen LogP contribution in [0.1, 0.15) is 24.5 Å². The molecule has 6 heteroatoms. The highest BCUT2D eigenvalue weighted by Gasteiger charge is 2.21.